The van der Waals surface area contributed by atoms with Crippen LogP contribution in [0.15, 0.2) is 29.8 Å². The van der Waals surface area contributed by atoms with E-state index in [0.29, 0.717) is 0 Å². The van der Waals surface area contributed by atoms with Crippen LogP contribution < -0.4 is 0 Å². The largest absolute Gasteiger partial charge is 0.389 e. The predicted molar refractivity (Wildman–Crippen MR) is 67.4 cm³/mol. The molecule has 1 aliphatic rings. The highest BCUT2D eigenvalue weighted by Gasteiger charge is 2.10. The maximum atomic E-state index is 13.0. The maximum absolute atomic E-state index is 13.0. The van der Waals surface area contributed by atoms with E-state index < -0.39 is 0 Å². The first-order valence-corrected chi connectivity index (χ1v) is 6.28. The van der Waals surface area contributed by atoms with Gasteiger partial charge < -0.3 is 5.11 Å². The van der Waals surface area contributed by atoms with Gasteiger partial charge in [0.2, 0.25) is 0 Å². The molecule has 2 heteroatoms. The van der Waals surface area contributed by atoms with Gasteiger partial charge in [-0.15, -0.1) is 0 Å². The Kier molecular flexibility index (Phi) is 3.95. The van der Waals surface area contributed by atoms with Crippen LogP contribution in [-0.2, 0) is 6.42 Å². The molecule has 0 aliphatic heterocycles. The van der Waals surface area contributed by atoms with Crippen LogP contribution in [0.2, 0.25) is 0 Å². The van der Waals surface area contributed by atoms with Crippen molar-refractivity contribution in [3.8, 4) is 0 Å². The minimum atomic E-state index is -0.298. The Morgan fingerprint density at radius 3 is 2.94 bits per heavy atom. The lowest BCUT2D eigenvalue weighted by atomic mass is 9.97. The van der Waals surface area contributed by atoms with Gasteiger partial charge in [-0.1, -0.05) is 24.1 Å². The van der Waals surface area contributed by atoms with Crippen molar-refractivity contribution in [1.82, 2.24) is 0 Å². The van der Waals surface area contributed by atoms with Crippen molar-refractivity contribution < 1.29 is 9.50 Å². The molecule has 1 unspecified atom stereocenters. The van der Waals surface area contributed by atoms with Crippen LogP contribution in [-0.4, -0.2) is 11.2 Å². The van der Waals surface area contributed by atoms with E-state index in [2.05, 4.69) is 0 Å². The van der Waals surface area contributed by atoms with Crippen molar-refractivity contribution in [1.29, 1.82) is 0 Å². The number of allylic oxidation sites excluding steroid dienone is 1. The molecular formula is C15H19FO. The monoisotopic (exact) mass is 234 g/mol. The lowest BCUT2D eigenvalue weighted by molar-refractivity contribution is 0.211. The fraction of sp³-hybridized carbons (Fsp3) is 0.467. The highest BCUT2D eigenvalue weighted by atomic mass is 19.1. The lowest BCUT2D eigenvalue weighted by Crippen LogP contribution is -2.01. The summed E-state index contributed by atoms with van der Waals surface area (Å²) in [5.41, 5.74) is 3.43. The topological polar surface area (TPSA) is 20.2 Å². The summed E-state index contributed by atoms with van der Waals surface area (Å²) in [6, 6.07) is 4.93. The van der Waals surface area contributed by atoms with Gasteiger partial charge in [0.05, 0.1) is 6.10 Å². The molecule has 1 N–H and O–H groups in total. The van der Waals surface area contributed by atoms with E-state index in [1.54, 1.807) is 6.07 Å². The second-order valence-corrected chi connectivity index (χ2v) is 4.89. The average molecular weight is 234 g/mol. The van der Waals surface area contributed by atoms with Crippen molar-refractivity contribution in [2.24, 2.45) is 0 Å². The summed E-state index contributed by atoms with van der Waals surface area (Å²) in [4.78, 5) is 0. The van der Waals surface area contributed by atoms with Gasteiger partial charge >= 0.3 is 0 Å². The lowest BCUT2D eigenvalue weighted by Gasteiger charge is -2.09. The summed E-state index contributed by atoms with van der Waals surface area (Å²) in [6.45, 7) is 1.94. The molecule has 1 atom stereocenters. The van der Waals surface area contributed by atoms with Crippen molar-refractivity contribution in [2.75, 3.05) is 0 Å². The molecule has 2 rings (SSSR count). The quantitative estimate of drug-likeness (QED) is 0.776. The SMILES string of the molecule is Cc1cc(F)ccc1CC1=CC(O)CCCC1. The molecule has 0 fully saturated rings. The van der Waals surface area contributed by atoms with Gasteiger partial charge in [-0.2, -0.15) is 0 Å². The van der Waals surface area contributed by atoms with E-state index >= 15 is 0 Å². The normalized spacial score (nSPS) is 20.9. The van der Waals surface area contributed by atoms with Crippen LogP contribution in [0.3, 0.4) is 0 Å². The second kappa shape index (κ2) is 5.46. The highest BCUT2D eigenvalue weighted by molar-refractivity contribution is 5.31. The second-order valence-electron chi connectivity index (χ2n) is 4.89. The molecule has 0 saturated heterocycles. The van der Waals surface area contributed by atoms with Gasteiger partial charge in [-0.05, 0) is 55.9 Å². The summed E-state index contributed by atoms with van der Waals surface area (Å²) in [5.74, 6) is -0.180. The van der Waals surface area contributed by atoms with Gasteiger partial charge in [0.1, 0.15) is 5.82 Å². The van der Waals surface area contributed by atoms with Crippen LogP contribution in [0, 0.1) is 12.7 Å². The zero-order valence-electron chi connectivity index (χ0n) is 10.2. The molecule has 17 heavy (non-hydrogen) atoms. The first-order chi connectivity index (χ1) is 8.15. The van der Waals surface area contributed by atoms with Crippen LogP contribution in [0.25, 0.3) is 0 Å². The molecule has 0 spiro atoms. The fourth-order valence-corrected chi connectivity index (χ4v) is 2.39. The molecule has 0 aromatic heterocycles. The van der Waals surface area contributed by atoms with Gasteiger partial charge in [0.25, 0.3) is 0 Å². The smallest absolute Gasteiger partial charge is 0.123 e. The average Bonchev–Trinajstić information content (AvgIpc) is 2.47. The van der Waals surface area contributed by atoms with E-state index in [1.807, 2.05) is 19.1 Å². The van der Waals surface area contributed by atoms with Crippen molar-refractivity contribution in [3.05, 3.63) is 46.8 Å². The van der Waals surface area contributed by atoms with Gasteiger partial charge in [0.15, 0.2) is 0 Å². The third kappa shape index (κ3) is 3.40. The summed E-state index contributed by atoms with van der Waals surface area (Å²) < 4.78 is 13.0. The molecular weight excluding hydrogens is 215 g/mol. The zero-order valence-corrected chi connectivity index (χ0v) is 10.2. The molecule has 1 nitrogen and oxygen atoms in total. The third-order valence-electron chi connectivity index (χ3n) is 3.40. The summed E-state index contributed by atoms with van der Waals surface area (Å²) in [7, 11) is 0. The van der Waals surface area contributed by atoms with E-state index in [-0.39, 0.29) is 11.9 Å². The summed E-state index contributed by atoms with van der Waals surface area (Å²) in [5, 5.41) is 9.71. The Morgan fingerprint density at radius 2 is 2.18 bits per heavy atom. The molecule has 0 bridgehead atoms. The number of aryl methyl sites for hydroxylation is 1. The maximum Gasteiger partial charge on any atom is 0.123 e. The number of aliphatic hydroxyl groups is 1. The Labute approximate surface area is 102 Å². The van der Waals surface area contributed by atoms with E-state index in [9.17, 15) is 9.50 Å². The summed E-state index contributed by atoms with van der Waals surface area (Å²) >= 11 is 0. The molecule has 0 saturated carbocycles. The van der Waals surface area contributed by atoms with Crippen LogP contribution in [0.5, 0.6) is 0 Å². The van der Waals surface area contributed by atoms with E-state index in [4.69, 9.17) is 0 Å². The Balaban J connectivity index is 2.14. The summed E-state index contributed by atoms with van der Waals surface area (Å²) in [6.07, 6.45) is 6.67. The zero-order chi connectivity index (χ0) is 12.3. The fourth-order valence-electron chi connectivity index (χ4n) is 2.39. The van der Waals surface area contributed by atoms with Crippen LogP contribution in [0.1, 0.15) is 36.8 Å². The van der Waals surface area contributed by atoms with Gasteiger partial charge in [-0.25, -0.2) is 4.39 Å². The standard InChI is InChI=1S/C15H19FO/c1-11-8-14(16)7-6-13(11)9-12-4-2-3-5-15(17)10-12/h6-8,10,15,17H,2-5,9H2,1H3. The van der Waals surface area contributed by atoms with Gasteiger partial charge in [0, 0.05) is 0 Å². The van der Waals surface area contributed by atoms with Crippen molar-refractivity contribution in [2.45, 2.75) is 45.1 Å². The number of hydrogen-bond donors (Lipinski definition) is 1. The number of aliphatic hydroxyl groups excluding tert-OH is 1. The molecule has 1 aliphatic carbocycles. The molecule has 1 aromatic rings. The van der Waals surface area contributed by atoms with Gasteiger partial charge in [-0.3, -0.25) is 0 Å². The Morgan fingerprint density at radius 1 is 1.35 bits per heavy atom. The molecule has 0 amide bonds. The molecule has 0 radical (unpaired) electrons. The van der Waals surface area contributed by atoms with E-state index in [1.165, 1.54) is 11.6 Å². The third-order valence-corrected chi connectivity index (χ3v) is 3.40. The van der Waals surface area contributed by atoms with Crippen LogP contribution in [0.4, 0.5) is 4.39 Å². The minimum Gasteiger partial charge on any atom is -0.389 e. The first-order valence-electron chi connectivity index (χ1n) is 6.28. The van der Waals surface area contributed by atoms with E-state index in [0.717, 1.165) is 43.2 Å². The highest BCUT2D eigenvalue weighted by Crippen LogP contribution is 2.22. The Hall–Kier alpha value is -1.15. The Bertz CT molecular complexity index is 423. The first kappa shape index (κ1) is 12.3. The molecule has 0 heterocycles. The number of hydrogen-bond acceptors (Lipinski definition) is 1. The predicted octanol–water partition coefficient (Wildman–Crippen LogP) is 3.54. The number of rotatable bonds is 2. The number of halogens is 1. The number of benzene rings is 1. The van der Waals surface area contributed by atoms with Crippen LogP contribution >= 0.6 is 0 Å². The van der Waals surface area contributed by atoms with Crippen molar-refractivity contribution >= 4 is 0 Å². The molecule has 1 aromatic carbocycles. The van der Waals surface area contributed by atoms with Crippen molar-refractivity contribution in [3.63, 3.8) is 0 Å². The minimum absolute atomic E-state index is 0.180. The molecule has 92 valence electrons.